The number of rotatable bonds is 4. The largest absolute Gasteiger partial charge is 0.326 e. The number of benzene rings is 2. The second-order valence-electron chi connectivity index (χ2n) is 5.71. The third kappa shape index (κ3) is 3.31. The summed E-state index contributed by atoms with van der Waals surface area (Å²) in [4.78, 5) is 2.43. The van der Waals surface area contributed by atoms with E-state index in [0.717, 1.165) is 24.2 Å². The van der Waals surface area contributed by atoms with E-state index >= 15 is 0 Å². The molecule has 1 atom stereocenters. The smallest absolute Gasteiger partial charge is 0.123 e. The molecule has 1 saturated heterocycles. The molecule has 0 bridgehead atoms. The van der Waals surface area contributed by atoms with Crippen molar-refractivity contribution >= 4 is 0 Å². The molecule has 0 saturated carbocycles. The molecule has 0 aromatic heterocycles. The van der Waals surface area contributed by atoms with Crippen molar-refractivity contribution in [1.82, 2.24) is 4.90 Å². The van der Waals surface area contributed by atoms with E-state index in [2.05, 4.69) is 29.2 Å². The molecule has 21 heavy (non-hydrogen) atoms. The minimum atomic E-state index is -0.191. The lowest BCUT2D eigenvalue weighted by Crippen LogP contribution is -2.23. The maximum Gasteiger partial charge on any atom is 0.123 e. The van der Waals surface area contributed by atoms with Crippen molar-refractivity contribution < 1.29 is 4.39 Å². The van der Waals surface area contributed by atoms with Crippen LogP contribution >= 0.6 is 0 Å². The van der Waals surface area contributed by atoms with Gasteiger partial charge < -0.3 is 5.73 Å². The standard InChI is InChI=1S/C18H21FN2/c19-17-10-14(12-20)9-15(11-17)13-21-8-4-7-18(21)16-5-2-1-3-6-16/h1-3,5-6,9-11,18H,4,7-8,12-13,20H2. The van der Waals surface area contributed by atoms with Crippen molar-refractivity contribution in [1.29, 1.82) is 0 Å². The lowest BCUT2D eigenvalue weighted by atomic mass is 10.0. The summed E-state index contributed by atoms with van der Waals surface area (Å²) < 4.78 is 13.6. The van der Waals surface area contributed by atoms with Gasteiger partial charge in [0.2, 0.25) is 0 Å². The molecule has 1 aliphatic rings. The van der Waals surface area contributed by atoms with Crippen LogP contribution in [0.2, 0.25) is 0 Å². The van der Waals surface area contributed by atoms with E-state index < -0.39 is 0 Å². The summed E-state index contributed by atoms with van der Waals surface area (Å²) in [6.45, 7) is 2.23. The van der Waals surface area contributed by atoms with Crippen LogP contribution in [0.4, 0.5) is 4.39 Å². The predicted octanol–water partition coefficient (Wildman–Crippen LogP) is 3.62. The molecule has 0 amide bonds. The molecule has 1 aliphatic heterocycles. The molecule has 2 aromatic rings. The highest BCUT2D eigenvalue weighted by Crippen LogP contribution is 2.33. The highest BCUT2D eigenvalue weighted by molar-refractivity contribution is 5.26. The molecular formula is C18H21FN2. The van der Waals surface area contributed by atoms with Gasteiger partial charge in [-0.2, -0.15) is 0 Å². The van der Waals surface area contributed by atoms with Gasteiger partial charge in [0.25, 0.3) is 0 Å². The Morgan fingerprint density at radius 2 is 1.86 bits per heavy atom. The minimum Gasteiger partial charge on any atom is -0.326 e. The van der Waals surface area contributed by atoms with E-state index in [1.54, 1.807) is 6.07 Å². The number of hydrogen-bond donors (Lipinski definition) is 1. The van der Waals surface area contributed by atoms with E-state index in [-0.39, 0.29) is 5.82 Å². The molecule has 0 radical (unpaired) electrons. The second-order valence-corrected chi connectivity index (χ2v) is 5.71. The Kier molecular flexibility index (Phi) is 4.32. The highest BCUT2D eigenvalue weighted by Gasteiger charge is 2.25. The molecule has 2 N–H and O–H groups in total. The summed E-state index contributed by atoms with van der Waals surface area (Å²) in [6.07, 6.45) is 2.36. The van der Waals surface area contributed by atoms with Gasteiger partial charge in [0, 0.05) is 19.1 Å². The lowest BCUT2D eigenvalue weighted by molar-refractivity contribution is 0.248. The second kappa shape index (κ2) is 6.37. The van der Waals surface area contributed by atoms with Crippen molar-refractivity contribution in [2.45, 2.75) is 32.0 Å². The summed E-state index contributed by atoms with van der Waals surface area (Å²) in [7, 11) is 0. The summed E-state index contributed by atoms with van der Waals surface area (Å²) in [6, 6.07) is 16.2. The van der Waals surface area contributed by atoms with Gasteiger partial charge >= 0.3 is 0 Å². The fourth-order valence-electron chi connectivity index (χ4n) is 3.23. The number of halogens is 1. The zero-order chi connectivity index (χ0) is 14.7. The summed E-state index contributed by atoms with van der Waals surface area (Å²) in [5.74, 6) is -0.191. The quantitative estimate of drug-likeness (QED) is 0.929. The number of likely N-dealkylation sites (tertiary alicyclic amines) is 1. The number of hydrogen-bond acceptors (Lipinski definition) is 2. The third-order valence-corrected chi connectivity index (χ3v) is 4.19. The Bertz CT molecular complexity index is 597. The zero-order valence-electron chi connectivity index (χ0n) is 12.1. The normalized spacial score (nSPS) is 19.0. The van der Waals surface area contributed by atoms with Crippen LogP contribution in [0.5, 0.6) is 0 Å². The van der Waals surface area contributed by atoms with Gasteiger partial charge in [0.05, 0.1) is 0 Å². The topological polar surface area (TPSA) is 29.3 Å². The molecule has 1 unspecified atom stereocenters. The molecule has 3 rings (SSSR count). The average molecular weight is 284 g/mol. The van der Waals surface area contributed by atoms with E-state index in [9.17, 15) is 4.39 Å². The molecule has 2 nitrogen and oxygen atoms in total. The fraction of sp³-hybridized carbons (Fsp3) is 0.333. The monoisotopic (exact) mass is 284 g/mol. The van der Waals surface area contributed by atoms with Gasteiger partial charge in [-0.25, -0.2) is 4.39 Å². The lowest BCUT2D eigenvalue weighted by Gasteiger charge is -2.25. The third-order valence-electron chi connectivity index (χ3n) is 4.19. The van der Waals surface area contributed by atoms with Crippen LogP contribution in [0.1, 0.15) is 35.6 Å². The van der Waals surface area contributed by atoms with Gasteiger partial charge in [-0.1, -0.05) is 36.4 Å². The van der Waals surface area contributed by atoms with Gasteiger partial charge in [-0.15, -0.1) is 0 Å². The molecule has 3 heteroatoms. The van der Waals surface area contributed by atoms with Gasteiger partial charge in [-0.3, -0.25) is 4.90 Å². The Balaban J connectivity index is 1.79. The van der Waals surface area contributed by atoms with Crippen LogP contribution < -0.4 is 5.73 Å². The number of nitrogens with two attached hydrogens (primary N) is 1. The van der Waals surface area contributed by atoms with E-state index in [0.29, 0.717) is 12.6 Å². The van der Waals surface area contributed by atoms with Crippen LogP contribution in [0.25, 0.3) is 0 Å². The first-order valence-corrected chi connectivity index (χ1v) is 7.53. The molecule has 0 aliphatic carbocycles. The molecule has 0 spiro atoms. The summed E-state index contributed by atoms with van der Waals surface area (Å²) >= 11 is 0. The average Bonchev–Trinajstić information content (AvgIpc) is 2.95. The summed E-state index contributed by atoms with van der Waals surface area (Å²) in [5.41, 5.74) is 8.86. The first-order valence-electron chi connectivity index (χ1n) is 7.53. The first-order chi connectivity index (χ1) is 10.3. The van der Waals surface area contributed by atoms with Crippen LogP contribution in [0.3, 0.4) is 0 Å². The van der Waals surface area contributed by atoms with Crippen molar-refractivity contribution in [2.24, 2.45) is 5.73 Å². The van der Waals surface area contributed by atoms with E-state index in [4.69, 9.17) is 5.73 Å². The zero-order valence-corrected chi connectivity index (χ0v) is 12.1. The minimum absolute atomic E-state index is 0.191. The molecule has 1 heterocycles. The van der Waals surface area contributed by atoms with E-state index in [1.807, 2.05) is 12.1 Å². The van der Waals surface area contributed by atoms with Crippen molar-refractivity contribution in [3.05, 3.63) is 71.0 Å². The molecule has 1 fully saturated rings. The maximum atomic E-state index is 13.6. The van der Waals surface area contributed by atoms with Crippen LogP contribution in [-0.2, 0) is 13.1 Å². The van der Waals surface area contributed by atoms with Gasteiger partial charge in [0.15, 0.2) is 0 Å². The Labute approximate surface area is 125 Å². The van der Waals surface area contributed by atoms with Crippen molar-refractivity contribution in [3.8, 4) is 0 Å². The Morgan fingerprint density at radius 3 is 2.62 bits per heavy atom. The van der Waals surface area contributed by atoms with Crippen LogP contribution in [-0.4, -0.2) is 11.4 Å². The van der Waals surface area contributed by atoms with Crippen LogP contribution in [0.15, 0.2) is 48.5 Å². The van der Waals surface area contributed by atoms with Crippen molar-refractivity contribution in [2.75, 3.05) is 6.54 Å². The van der Waals surface area contributed by atoms with Crippen LogP contribution in [0, 0.1) is 5.82 Å². The Hall–Kier alpha value is -1.71. The maximum absolute atomic E-state index is 13.6. The Morgan fingerprint density at radius 1 is 1.10 bits per heavy atom. The van der Waals surface area contributed by atoms with Crippen molar-refractivity contribution in [3.63, 3.8) is 0 Å². The predicted molar refractivity (Wildman–Crippen MR) is 83.1 cm³/mol. The fourth-order valence-corrected chi connectivity index (χ4v) is 3.23. The van der Waals surface area contributed by atoms with E-state index in [1.165, 1.54) is 24.5 Å². The highest BCUT2D eigenvalue weighted by atomic mass is 19.1. The summed E-state index contributed by atoms with van der Waals surface area (Å²) in [5, 5.41) is 0. The molecular weight excluding hydrogens is 263 g/mol. The van der Waals surface area contributed by atoms with Gasteiger partial charge in [0.1, 0.15) is 5.82 Å². The first kappa shape index (κ1) is 14.2. The SMILES string of the molecule is NCc1cc(F)cc(CN2CCCC2c2ccccc2)c1. The molecule has 110 valence electrons. The number of nitrogens with zero attached hydrogens (tertiary/aromatic N) is 1. The molecule has 2 aromatic carbocycles. The van der Waals surface area contributed by atoms with Gasteiger partial charge in [-0.05, 0) is 48.2 Å².